The van der Waals surface area contributed by atoms with E-state index >= 15 is 0 Å². The van der Waals surface area contributed by atoms with E-state index in [4.69, 9.17) is 4.74 Å². The summed E-state index contributed by atoms with van der Waals surface area (Å²) in [4.78, 5) is 44.5. The fraction of sp³-hybridized carbons (Fsp3) is 0.720. The molecule has 0 radical (unpaired) electrons. The van der Waals surface area contributed by atoms with Crippen LogP contribution in [0.2, 0.25) is 0 Å². The lowest BCUT2D eigenvalue weighted by Crippen LogP contribution is -2.58. The number of likely N-dealkylation sites (tertiary alicyclic amines) is 1. The van der Waals surface area contributed by atoms with Crippen molar-refractivity contribution in [3.63, 3.8) is 0 Å². The van der Waals surface area contributed by atoms with E-state index in [1.165, 1.54) is 6.08 Å². The summed E-state index contributed by atoms with van der Waals surface area (Å²) < 4.78 is 4.24. The lowest BCUT2D eigenvalue weighted by atomic mass is 9.66. The zero-order valence-electron chi connectivity index (χ0n) is 20.3. The first-order valence-corrected chi connectivity index (χ1v) is 12.8. The van der Waals surface area contributed by atoms with Crippen molar-refractivity contribution in [1.82, 2.24) is 9.80 Å². The van der Waals surface area contributed by atoms with Crippen LogP contribution in [0.25, 0.3) is 0 Å². The first kappa shape index (κ1) is 25.8. The third-order valence-corrected chi connectivity index (χ3v) is 9.62. The molecule has 3 rings (SSSR count). The van der Waals surface area contributed by atoms with Crippen LogP contribution in [-0.4, -0.2) is 80.1 Å². The predicted molar refractivity (Wildman–Crippen MR) is 130 cm³/mol. The van der Waals surface area contributed by atoms with Crippen LogP contribution in [0.1, 0.15) is 53.4 Å². The summed E-state index contributed by atoms with van der Waals surface area (Å²) in [6.07, 6.45) is 6.40. The summed E-state index contributed by atoms with van der Waals surface area (Å²) in [5.74, 6) is -2.03. The van der Waals surface area contributed by atoms with Gasteiger partial charge >= 0.3 is 5.97 Å². The number of thioether (sulfide) groups is 1. The molecule has 184 valence electrons. The van der Waals surface area contributed by atoms with Crippen molar-refractivity contribution in [1.29, 1.82) is 0 Å². The van der Waals surface area contributed by atoms with Gasteiger partial charge in [0.05, 0.1) is 29.2 Å². The number of amides is 2. The lowest BCUT2D eigenvalue weighted by molar-refractivity contribution is -0.155. The van der Waals surface area contributed by atoms with Gasteiger partial charge in [0.1, 0.15) is 12.6 Å². The summed E-state index contributed by atoms with van der Waals surface area (Å²) in [5.41, 5.74) is 0. The number of esters is 1. The number of aliphatic hydroxyl groups excluding tert-OH is 1. The van der Waals surface area contributed by atoms with E-state index in [9.17, 15) is 19.5 Å². The van der Waals surface area contributed by atoms with E-state index in [0.717, 1.165) is 19.3 Å². The van der Waals surface area contributed by atoms with Crippen LogP contribution in [0.15, 0.2) is 25.3 Å². The Morgan fingerprint density at radius 3 is 2.61 bits per heavy atom. The molecule has 3 fully saturated rings. The standard InChI is InChI=1S/C25H38N2O5S/c1-7-10-16(4)26(13-8-2)22(30)20-25-12-11-24(6,33-25)19(23(31)32-14-9-3)18(25)21(29)27(20)17(5)15-28/h8-9,16-20,28H,2-3,7,10-15H2,1,4-6H3/t16?,17-,18+,19+,20?,24-,25?/m1/s1. The Morgan fingerprint density at radius 1 is 1.33 bits per heavy atom. The van der Waals surface area contributed by atoms with Gasteiger partial charge in [0.15, 0.2) is 0 Å². The predicted octanol–water partition coefficient (Wildman–Crippen LogP) is 2.78. The van der Waals surface area contributed by atoms with E-state index in [1.54, 1.807) is 29.7 Å². The number of carbonyl (C=O) groups excluding carboxylic acids is 3. The van der Waals surface area contributed by atoms with Crippen molar-refractivity contribution >= 4 is 29.5 Å². The highest BCUT2D eigenvalue weighted by atomic mass is 32.2. The molecule has 0 aromatic carbocycles. The van der Waals surface area contributed by atoms with Crippen molar-refractivity contribution in [3.05, 3.63) is 25.3 Å². The third kappa shape index (κ3) is 4.03. The summed E-state index contributed by atoms with van der Waals surface area (Å²) in [6, 6.07) is -1.28. The molecule has 1 spiro atoms. The molecule has 3 aliphatic heterocycles. The van der Waals surface area contributed by atoms with Crippen LogP contribution in [0.5, 0.6) is 0 Å². The van der Waals surface area contributed by atoms with Crippen LogP contribution < -0.4 is 0 Å². The molecule has 8 heteroatoms. The number of aliphatic hydroxyl groups is 1. The topological polar surface area (TPSA) is 87.1 Å². The van der Waals surface area contributed by atoms with Gasteiger partial charge in [-0.25, -0.2) is 0 Å². The van der Waals surface area contributed by atoms with Crippen molar-refractivity contribution in [2.45, 2.75) is 81.0 Å². The molecule has 3 heterocycles. The quantitative estimate of drug-likeness (QED) is 0.363. The number of nitrogens with zero attached hydrogens (tertiary/aromatic N) is 2. The molecule has 0 aliphatic carbocycles. The number of fused-ring (bicyclic) bond motifs is 1. The maximum Gasteiger partial charge on any atom is 0.311 e. The molecule has 2 bridgehead atoms. The number of rotatable bonds is 11. The number of hydrogen-bond donors (Lipinski definition) is 1. The summed E-state index contributed by atoms with van der Waals surface area (Å²) in [5, 5.41) is 9.98. The third-order valence-electron chi connectivity index (χ3n) is 7.63. The van der Waals surface area contributed by atoms with Crippen molar-refractivity contribution < 1.29 is 24.2 Å². The second kappa shape index (κ2) is 9.82. The normalized spacial score (nSPS) is 34.0. The van der Waals surface area contributed by atoms with Gasteiger partial charge in [0.25, 0.3) is 0 Å². The zero-order chi connectivity index (χ0) is 24.6. The summed E-state index contributed by atoms with van der Waals surface area (Å²) >= 11 is 1.61. The van der Waals surface area contributed by atoms with Gasteiger partial charge in [-0.3, -0.25) is 14.4 Å². The fourth-order valence-electron chi connectivity index (χ4n) is 6.15. The van der Waals surface area contributed by atoms with Gasteiger partial charge in [-0.05, 0) is 40.0 Å². The van der Waals surface area contributed by atoms with Crippen LogP contribution >= 0.6 is 11.8 Å². The molecular formula is C25H38N2O5S. The minimum Gasteiger partial charge on any atom is -0.461 e. The van der Waals surface area contributed by atoms with E-state index in [2.05, 4.69) is 20.1 Å². The molecule has 7 atom stereocenters. The Kier molecular flexibility index (Phi) is 7.68. The average Bonchev–Trinajstić information content (AvgIpc) is 3.35. The highest BCUT2D eigenvalue weighted by Gasteiger charge is 2.78. The maximum absolute atomic E-state index is 14.2. The molecular weight excluding hydrogens is 440 g/mol. The van der Waals surface area contributed by atoms with Gasteiger partial charge < -0.3 is 19.6 Å². The molecule has 3 unspecified atom stereocenters. The van der Waals surface area contributed by atoms with Crippen LogP contribution in [-0.2, 0) is 19.1 Å². The van der Waals surface area contributed by atoms with E-state index < -0.39 is 39.4 Å². The smallest absolute Gasteiger partial charge is 0.311 e. The first-order chi connectivity index (χ1) is 15.6. The molecule has 3 aliphatic rings. The second-order valence-corrected chi connectivity index (χ2v) is 11.7. The zero-order valence-corrected chi connectivity index (χ0v) is 21.1. The average molecular weight is 479 g/mol. The van der Waals surface area contributed by atoms with Crippen molar-refractivity contribution in [2.75, 3.05) is 19.8 Å². The van der Waals surface area contributed by atoms with Crippen LogP contribution in [0, 0.1) is 11.8 Å². The van der Waals surface area contributed by atoms with Crippen LogP contribution in [0.3, 0.4) is 0 Å². The summed E-state index contributed by atoms with van der Waals surface area (Å²) in [6.45, 7) is 15.5. The van der Waals surface area contributed by atoms with Crippen LogP contribution in [0.4, 0.5) is 0 Å². The minimum absolute atomic E-state index is 0.00937. The van der Waals surface area contributed by atoms with E-state index in [-0.39, 0.29) is 31.1 Å². The minimum atomic E-state index is -0.736. The molecule has 3 saturated heterocycles. The van der Waals surface area contributed by atoms with Gasteiger partial charge in [0, 0.05) is 17.3 Å². The van der Waals surface area contributed by atoms with Gasteiger partial charge in [-0.2, -0.15) is 0 Å². The van der Waals surface area contributed by atoms with Gasteiger partial charge in [-0.15, -0.1) is 18.3 Å². The monoisotopic (exact) mass is 478 g/mol. The molecule has 2 amide bonds. The maximum atomic E-state index is 14.2. The Bertz CT molecular complexity index is 819. The van der Waals surface area contributed by atoms with Gasteiger partial charge in [0.2, 0.25) is 11.8 Å². The molecule has 1 N–H and O–H groups in total. The molecule has 0 aromatic rings. The Balaban J connectivity index is 2.08. The molecule has 0 saturated carbocycles. The van der Waals surface area contributed by atoms with E-state index in [1.807, 2.05) is 18.7 Å². The molecule has 7 nitrogen and oxygen atoms in total. The second-order valence-electron chi connectivity index (χ2n) is 9.84. The van der Waals surface area contributed by atoms with E-state index in [0.29, 0.717) is 13.0 Å². The van der Waals surface area contributed by atoms with Gasteiger partial charge in [-0.1, -0.05) is 32.1 Å². The number of ether oxygens (including phenoxy) is 1. The summed E-state index contributed by atoms with van der Waals surface area (Å²) in [7, 11) is 0. The van der Waals surface area contributed by atoms with Crippen molar-refractivity contribution in [3.8, 4) is 0 Å². The highest BCUT2D eigenvalue weighted by Crippen LogP contribution is 2.71. The number of hydrogen-bond acceptors (Lipinski definition) is 6. The highest BCUT2D eigenvalue weighted by molar-refractivity contribution is 8.02. The Labute approximate surface area is 201 Å². The largest absolute Gasteiger partial charge is 0.461 e. The molecule has 0 aromatic heterocycles. The lowest BCUT2D eigenvalue weighted by Gasteiger charge is -2.40. The fourth-order valence-corrected chi connectivity index (χ4v) is 8.48. The SMILES string of the molecule is C=CCOC(=O)[C@@H]1[C@H]2C(=O)N([C@H](C)CO)C(C(=O)N(CC=C)C(C)CCC)C23CC[C@@]1(C)S3. The first-order valence-electron chi connectivity index (χ1n) is 12.0. The van der Waals surface area contributed by atoms with Crippen molar-refractivity contribution in [2.24, 2.45) is 11.8 Å². The Morgan fingerprint density at radius 2 is 2.03 bits per heavy atom. The Hall–Kier alpha value is -1.80. The molecule has 33 heavy (non-hydrogen) atoms. The number of carbonyl (C=O) groups is 3.